The molecule has 0 N–H and O–H groups in total. The van der Waals surface area contributed by atoms with Crippen molar-refractivity contribution < 1.29 is 0 Å². The van der Waals surface area contributed by atoms with Crippen molar-refractivity contribution >= 4 is 60.2 Å². The molecule has 0 atom stereocenters. The van der Waals surface area contributed by atoms with Gasteiger partial charge >= 0.3 is 0 Å². The van der Waals surface area contributed by atoms with E-state index in [0.717, 1.165) is 27.5 Å². The number of para-hydroxylation sites is 1. The number of anilines is 3. The van der Waals surface area contributed by atoms with Gasteiger partial charge in [-0.3, -0.25) is 0 Å². The summed E-state index contributed by atoms with van der Waals surface area (Å²) in [4.78, 5) is 2.36. The molecule has 0 unspecified atom stereocenters. The summed E-state index contributed by atoms with van der Waals surface area (Å²) in [7, 11) is 0. The second-order valence-corrected chi connectivity index (χ2v) is 11.0. The van der Waals surface area contributed by atoms with Gasteiger partial charge in [-0.2, -0.15) is 0 Å². The average molecular weight is 538 g/mol. The quantitative estimate of drug-likeness (QED) is 0.211. The van der Waals surface area contributed by atoms with E-state index in [-0.39, 0.29) is 0 Å². The molecule has 0 amide bonds. The molecule has 0 aliphatic carbocycles. The molecule has 1 heterocycles. The first-order chi connectivity index (χ1) is 19.3. The first kappa shape index (κ1) is 23.7. The summed E-state index contributed by atoms with van der Waals surface area (Å²) in [6.07, 6.45) is 0. The highest BCUT2D eigenvalue weighted by Gasteiger charge is 2.19. The highest BCUT2D eigenvalue weighted by Crippen LogP contribution is 2.45. The number of benzene rings is 6. The van der Waals surface area contributed by atoms with E-state index in [1.165, 1.54) is 37.0 Å². The Labute approximate surface area is 237 Å². The summed E-state index contributed by atoms with van der Waals surface area (Å²) in [5.41, 5.74) is 8.09. The Morgan fingerprint density at radius 1 is 0.487 bits per heavy atom. The monoisotopic (exact) mass is 537 g/mol. The Balaban J connectivity index is 1.44. The summed E-state index contributed by atoms with van der Waals surface area (Å²) < 4.78 is 2.44. The maximum atomic E-state index is 6.72. The van der Waals surface area contributed by atoms with Crippen LogP contribution in [0.25, 0.3) is 42.4 Å². The Bertz CT molecular complexity index is 1910. The number of hydrogen-bond acceptors (Lipinski definition) is 2. The lowest BCUT2D eigenvalue weighted by atomic mass is 10.0. The highest BCUT2D eigenvalue weighted by atomic mass is 35.5. The minimum Gasteiger partial charge on any atom is -0.310 e. The maximum absolute atomic E-state index is 6.72. The van der Waals surface area contributed by atoms with Gasteiger partial charge in [-0.1, -0.05) is 109 Å². The van der Waals surface area contributed by atoms with Crippen molar-refractivity contribution in [1.29, 1.82) is 0 Å². The van der Waals surface area contributed by atoms with Crippen LogP contribution < -0.4 is 4.90 Å². The predicted octanol–water partition coefficient (Wildman–Crippen LogP) is 11.5. The van der Waals surface area contributed by atoms with Crippen molar-refractivity contribution in [2.24, 2.45) is 0 Å². The van der Waals surface area contributed by atoms with Crippen LogP contribution >= 0.6 is 22.9 Å². The third-order valence-corrected chi connectivity index (χ3v) is 8.60. The summed E-state index contributed by atoms with van der Waals surface area (Å²) >= 11 is 8.50. The van der Waals surface area contributed by atoms with E-state index in [0.29, 0.717) is 0 Å². The number of rotatable bonds is 5. The number of halogens is 1. The second kappa shape index (κ2) is 10.1. The lowest BCUT2D eigenvalue weighted by Crippen LogP contribution is -2.11. The minimum atomic E-state index is 0.791. The van der Waals surface area contributed by atoms with Crippen LogP contribution in [0.15, 0.2) is 146 Å². The molecule has 186 valence electrons. The molecular weight excluding hydrogens is 514 g/mol. The van der Waals surface area contributed by atoms with Crippen molar-refractivity contribution in [2.75, 3.05) is 4.90 Å². The summed E-state index contributed by atoms with van der Waals surface area (Å²) in [6, 6.07) is 51.5. The zero-order chi connectivity index (χ0) is 26.2. The number of hydrogen-bond donors (Lipinski definition) is 0. The molecule has 0 saturated heterocycles. The first-order valence-electron chi connectivity index (χ1n) is 13.0. The van der Waals surface area contributed by atoms with Crippen LogP contribution in [0.5, 0.6) is 0 Å². The van der Waals surface area contributed by atoms with Gasteiger partial charge in [0, 0.05) is 42.1 Å². The van der Waals surface area contributed by atoms with Gasteiger partial charge in [0.25, 0.3) is 0 Å². The van der Waals surface area contributed by atoms with E-state index >= 15 is 0 Å². The molecule has 6 aromatic carbocycles. The summed E-state index contributed by atoms with van der Waals surface area (Å²) in [5.74, 6) is 0. The van der Waals surface area contributed by atoms with E-state index in [9.17, 15) is 0 Å². The molecule has 39 heavy (non-hydrogen) atoms. The minimum absolute atomic E-state index is 0.791. The summed E-state index contributed by atoms with van der Waals surface area (Å²) in [6.45, 7) is 0. The first-order valence-corrected chi connectivity index (χ1v) is 14.2. The van der Waals surface area contributed by atoms with Gasteiger partial charge in [-0.25, -0.2) is 0 Å². The Morgan fingerprint density at radius 3 is 1.90 bits per heavy atom. The number of nitrogens with zero attached hydrogens (tertiary/aromatic N) is 1. The van der Waals surface area contributed by atoms with Gasteiger partial charge in [-0.05, 0) is 65.2 Å². The molecule has 7 rings (SSSR count). The summed E-state index contributed by atoms with van der Waals surface area (Å²) in [5, 5.41) is 3.09. The molecule has 0 saturated carbocycles. The Kier molecular flexibility index (Phi) is 6.13. The van der Waals surface area contributed by atoms with Gasteiger partial charge in [-0.15, -0.1) is 11.3 Å². The molecule has 3 heteroatoms. The fourth-order valence-electron chi connectivity index (χ4n) is 5.30. The van der Waals surface area contributed by atoms with Crippen molar-refractivity contribution in [2.45, 2.75) is 0 Å². The van der Waals surface area contributed by atoms with Crippen LogP contribution in [-0.2, 0) is 0 Å². The zero-order valence-corrected chi connectivity index (χ0v) is 22.7. The largest absolute Gasteiger partial charge is 0.310 e. The lowest BCUT2D eigenvalue weighted by Gasteiger charge is -2.28. The molecule has 0 bridgehead atoms. The van der Waals surface area contributed by atoms with Gasteiger partial charge in [0.15, 0.2) is 0 Å². The molecular formula is C36H24ClNS. The van der Waals surface area contributed by atoms with Gasteiger partial charge < -0.3 is 4.90 Å². The van der Waals surface area contributed by atoms with Crippen LogP contribution in [0.1, 0.15) is 0 Å². The molecule has 0 radical (unpaired) electrons. The average Bonchev–Trinajstić information content (AvgIpc) is 3.38. The number of fused-ring (bicyclic) bond motifs is 3. The molecule has 1 nitrogen and oxygen atoms in total. The van der Waals surface area contributed by atoms with Crippen molar-refractivity contribution in [3.05, 3.63) is 151 Å². The van der Waals surface area contributed by atoms with Gasteiger partial charge in [0.2, 0.25) is 0 Å². The van der Waals surface area contributed by atoms with Crippen molar-refractivity contribution in [3.8, 4) is 22.3 Å². The molecule has 0 aliphatic rings. The van der Waals surface area contributed by atoms with E-state index in [1.54, 1.807) is 11.3 Å². The predicted molar refractivity (Wildman–Crippen MR) is 170 cm³/mol. The second-order valence-electron chi connectivity index (χ2n) is 9.53. The molecule has 0 fully saturated rings. The fraction of sp³-hybridized carbons (Fsp3) is 0. The number of thiophene rings is 1. The topological polar surface area (TPSA) is 3.24 Å². The Morgan fingerprint density at radius 2 is 1.13 bits per heavy atom. The van der Waals surface area contributed by atoms with Crippen molar-refractivity contribution in [1.82, 2.24) is 0 Å². The maximum Gasteiger partial charge on any atom is 0.0540 e. The van der Waals surface area contributed by atoms with Crippen LogP contribution in [0.3, 0.4) is 0 Å². The fourth-order valence-corrected chi connectivity index (χ4v) is 6.75. The van der Waals surface area contributed by atoms with E-state index in [1.807, 2.05) is 12.1 Å². The molecule has 7 aromatic rings. The van der Waals surface area contributed by atoms with E-state index < -0.39 is 0 Å². The third-order valence-electron chi connectivity index (χ3n) is 7.15. The Hall–Kier alpha value is -4.37. The van der Waals surface area contributed by atoms with Gasteiger partial charge in [0.05, 0.1) is 5.69 Å². The normalized spacial score (nSPS) is 11.2. The third kappa shape index (κ3) is 4.38. The van der Waals surface area contributed by atoms with Crippen LogP contribution in [-0.4, -0.2) is 0 Å². The standard InChI is InChI=1S/C36H24ClNS/c37-32-15-9-17-35-36(32)31-24-29(22-23-34(31)39-35)38(28-20-18-26(19-21-28)25-10-3-1-4-11-25)33-16-8-7-14-30(33)27-12-5-2-6-13-27/h1-24H. The molecule has 0 aliphatic heterocycles. The smallest absolute Gasteiger partial charge is 0.0540 e. The van der Waals surface area contributed by atoms with Crippen LogP contribution in [0, 0.1) is 0 Å². The molecule has 0 spiro atoms. The van der Waals surface area contributed by atoms with Crippen LogP contribution in [0.4, 0.5) is 17.1 Å². The SMILES string of the molecule is Clc1cccc2sc3ccc(N(c4ccc(-c5ccccc5)cc4)c4ccccc4-c4ccccc4)cc3c12. The van der Waals surface area contributed by atoms with Crippen molar-refractivity contribution in [3.63, 3.8) is 0 Å². The van der Waals surface area contributed by atoms with Gasteiger partial charge in [0.1, 0.15) is 0 Å². The van der Waals surface area contributed by atoms with Crippen LogP contribution in [0.2, 0.25) is 5.02 Å². The zero-order valence-electron chi connectivity index (χ0n) is 21.1. The van der Waals surface area contributed by atoms with E-state index in [4.69, 9.17) is 11.6 Å². The van der Waals surface area contributed by atoms with E-state index in [2.05, 4.69) is 138 Å². The molecule has 1 aromatic heterocycles. The highest BCUT2D eigenvalue weighted by molar-refractivity contribution is 7.26. The lowest BCUT2D eigenvalue weighted by molar-refractivity contribution is 1.29.